The van der Waals surface area contributed by atoms with Crippen molar-refractivity contribution in [1.29, 1.82) is 0 Å². The summed E-state index contributed by atoms with van der Waals surface area (Å²) in [6.45, 7) is 1.25. The molecule has 0 aromatic carbocycles. The van der Waals surface area contributed by atoms with Crippen LogP contribution in [0.15, 0.2) is 0 Å². The van der Waals surface area contributed by atoms with Crippen LogP contribution in [0.25, 0.3) is 0 Å². The van der Waals surface area contributed by atoms with E-state index in [1.54, 1.807) is 0 Å². The lowest BCUT2D eigenvalue weighted by atomic mass is 10.3. The van der Waals surface area contributed by atoms with Crippen molar-refractivity contribution in [3.8, 4) is 0 Å². The number of halogens is 1. The molecule has 1 saturated heterocycles. The van der Waals surface area contributed by atoms with Gasteiger partial charge in [-0.1, -0.05) is 0 Å². The van der Waals surface area contributed by atoms with Gasteiger partial charge in [0.1, 0.15) is 0 Å². The van der Waals surface area contributed by atoms with Crippen molar-refractivity contribution < 1.29 is 14.6 Å². The minimum Gasteiger partial charge on any atom is -0.389 e. The fraction of sp³-hybridized carbons (Fsp3) is 1.00. The molecule has 2 unspecified atom stereocenters. The first-order valence-electron chi connectivity index (χ1n) is 3.88. The maximum absolute atomic E-state index is 11.7. The zero-order chi connectivity index (χ0) is 8.27. The van der Waals surface area contributed by atoms with Crippen molar-refractivity contribution in [2.75, 3.05) is 26.3 Å². The smallest absolute Gasteiger partial charge is 0.0938 e. The molecular weight excluding hydrogens is 149 g/mol. The number of alkyl halides is 1. The Morgan fingerprint density at radius 2 is 1.82 bits per heavy atom. The molecule has 1 rings (SSSR count). The Morgan fingerprint density at radius 1 is 1.27 bits per heavy atom. The molecule has 4 heteroatoms. The molecule has 0 bridgehead atoms. The normalized spacial score (nSPS) is 33.0. The van der Waals surface area contributed by atoms with Gasteiger partial charge < -0.3 is 10.2 Å². The Labute approximate surface area is 65.4 Å². The third-order valence-electron chi connectivity index (χ3n) is 1.94. The second kappa shape index (κ2) is 3.99. The number of hydrogen-bond donors (Lipinski definition) is 2. The third-order valence-corrected chi connectivity index (χ3v) is 1.94. The number of likely N-dealkylation sites (tertiary alicyclic amines) is 1. The summed E-state index contributed by atoms with van der Waals surface area (Å²) in [5.74, 6) is 0. The van der Waals surface area contributed by atoms with Gasteiger partial charge in [0.05, 0.1) is 18.9 Å². The summed E-state index contributed by atoms with van der Waals surface area (Å²) in [4.78, 5) is 1.87. The van der Waals surface area contributed by atoms with E-state index in [1.165, 1.54) is 0 Å². The number of aliphatic hydroxyl groups is 2. The molecule has 0 radical (unpaired) electrons. The summed E-state index contributed by atoms with van der Waals surface area (Å²) in [6, 6.07) is 0. The highest BCUT2D eigenvalue weighted by molar-refractivity contribution is 4.82. The lowest BCUT2D eigenvalue weighted by Crippen LogP contribution is -2.23. The fourth-order valence-corrected chi connectivity index (χ4v) is 1.31. The van der Waals surface area contributed by atoms with Gasteiger partial charge in [-0.2, -0.15) is 0 Å². The Kier molecular flexibility index (Phi) is 3.23. The van der Waals surface area contributed by atoms with Crippen molar-refractivity contribution in [2.45, 2.75) is 18.6 Å². The van der Waals surface area contributed by atoms with Gasteiger partial charge in [-0.3, -0.25) is 9.29 Å². The Morgan fingerprint density at radius 3 is 2.27 bits per heavy atom. The van der Waals surface area contributed by atoms with Crippen LogP contribution in [0, 0.1) is 0 Å². The Hall–Kier alpha value is -0.190. The summed E-state index contributed by atoms with van der Waals surface area (Å²) in [7, 11) is 0. The van der Waals surface area contributed by atoms with Gasteiger partial charge in [-0.05, 0) is 6.42 Å². The van der Waals surface area contributed by atoms with Crippen molar-refractivity contribution in [3.63, 3.8) is 0 Å². The van der Waals surface area contributed by atoms with E-state index in [2.05, 4.69) is 0 Å². The molecule has 2 N–H and O–H groups in total. The molecule has 1 fully saturated rings. The number of aliphatic hydroxyl groups excluding tert-OH is 2. The van der Waals surface area contributed by atoms with Crippen LogP contribution in [0.4, 0.5) is 4.39 Å². The van der Waals surface area contributed by atoms with Crippen molar-refractivity contribution in [1.82, 2.24) is 4.90 Å². The SMILES string of the molecule is OC1CN(CCCF)CC1O. The molecule has 11 heavy (non-hydrogen) atoms. The maximum atomic E-state index is 11.7. The highest BCUT2D eigenvalue weighted by atomic mass is 19.1. The van der Waals surface area contributed by atoms with E-state index in [0.29, 0.717) is 26.1 Å². The predicted molar refractivity (Wildman–Crippen MR) is 39.0 cm³/mol. The number of rotatable bonds is 3. The molecule has 0 aromatic heterocycles. The monoisotopic (exact) mass is 163 g/mol. The summed E-state index contributed by atoms with van der Waals surface area (Å²) in [5.41, 5.74) is 0. The minimum atomic E-state index is -0.644. The van der Waals surface area contributed by atoms with Crippen LogP contribution >= 0.6 is 0 Å². The van der Waals surface area contributed by atoms with Gasteiger partial charge in [0, 0.05) is 19.6 Å². The molecule has 1 aliphatic rings. The summed E-state index contributed by atoms with van der Waals surface area (Å²) in [6.07, 6.45) is -0.802. The van der Waals surface area contributed by atoms with E-state index >= 15 is 0 Å². The molecule has 66 valence electrons. The Balaban J connectivity index is 2.18. The number of β-amino-alcohol motifs (C(OH)–C–C–N with tert-alkyl or cyclic N) is 2. The second-order valence-corrected chi connectivity index (χ2v) is 2.94. The van der Waals surface area contributed by atoms with Gasteiger partial charge in [0.15, 0.2) is 0 Å². The first kappa shape index (κ1) is 8.90. The molecule has 2 atom stereocenters. The largest absolute Gasteiger partial charge is 0.389 e. The van der Waals surface area contributed by atoms with Gasteiger partial charge in [0.25, 0.3) is 0 Å². The van der Waals surface area contributed by atoms with E-state index in [1.807, 2.05) is 4.90 Å². The summed E-state index contributed by atoms with van der Waals surface area (Å²) >= 11 is 0. The van der Waals surface area contributed by atoms with E-state index in [9.17, 15) is 4.39 Å². The van der Waals surface area contributed by atoms with Gasteiger partial charge in [0.2, 0.25) is 0 Å². The molecule has 0 spiro atoms. The first-order valence-corrected chi connectivity index (χ1v) is 3.88. The summed E-state index contributed by atoms with van der Waals surface area (Å²) < 4.78 is 11.7. The first-order chi connectivity index (χ1) is 5.24. The van der Waals surface area contributed by atoms with E-state index < -0.39 is 12.2 Å². The molecule has 0 saturated carbocycles. The van der Waals surface area contributed by atoms with Crippen molar-refractivity contribution in [2.24, 2.45) is 0 Å². The molecule has 1 aliphatic heterocycles. The predicted octanol–water partition coefficient (Wildman–Crippen LogP) is -0.617. The molecule has 1 heterocycles. The zero-order valence-electron chi connectivity index (χ0n) is 6.41. The van der Waals surface area contributed by atoms with Crippen LogP contribution in [-0.2, 0) is 0 Å². The van der Waals surface area contributed by atoms with Crippen LogP contribution < -0.4 is 0 Å². The van der Waals surface area contributed by atoms with E-state index in [0.717, 1.165) is 0 Å². The lowest BCUT2D eigenvalue weighted by Gasteiger charge is -2.12. The van der Waals surface area contributed by atoms with Crippen LogP contribution in [0.2, 0.25) is 0 Å². The second-order valence-electron chi connectivity index (χ2n) is 2.94. The highest BCUT2D eigenvalue weighted by Crippen LogP contribution is 2.09. The van der Waals surface area contributed by atoms with Crippen LogP contribution in [0.1, 0.15) is 6.42 Å². The molecule has 0 aliphatic carbocycles. The van der Waals surface area contributed by atoms with Gasteiger partial charge in [-0.25, -0.2) is 0 Å². The van der Waals surface area contributed by atoms with Crippen LogP contribution in [-0.4, -0.2) is 53.6 Å². The molecule has 3 nitrogen and oxygen atoms in total. The van der Waals surface area contributed by atoms with Crippen molar-refractivity contribution >= 4 is 0 Å². The topological polar surface area (TPSA) is 43.7 Å². The lowest BCUT2D eigenvalue weighted by molar-refractivity contribution is 0.0572. The van der Waals surface area contributed by atoms with Crippen LogP contribution in [0.3, 0.4) is 0 Å². The van der Waals surface area contributed by atoms with Gasteiger partial charge in [-0.15, -0.1) is 0 Å². The van der Waals surface area contributed by atoms with E-state index in [4.69, 9.17) is 10.2 Å². The summed E-state index contributed by atoms with van der Waals surface area (Å²) in [5, 5.41) is 18.2. The molecule has 0 amide bonds. The quantitative estimate of drug-likeness (QED) is 0.583. The molecule has 0 aromatic rings. The minimum absolute atomic E-state index is 0.331. The average molecular weight is 163 g/mol. The highest BCUT2D eigenvalue weighted by Gasteiger charge is 2.28. The molecular formula is C7H14FNO2. The maximum Gasteiger partial charge on any atom is 0.0938 e. The fourth-order valence-electron chi connectivity index (χ4n) is 1.31. The van der Waals surface area contributed by atoms with E-state index in [-0.39, 0.29) is 6.67 Å². The number of hydrogen-bond acceptors (Lipinski definition) is 3. The average Bonchev–Trinajstić information content (AvgIpc) is 2.28. The van der Waals surface area contributed by atoms with Crippen molar-refractivity contribution in [3.05, 3.63) is 0 Å². The van der Waals surface area contributed by atoms with Crippen LogP contribution in [0.5, 0.6) is 0 Å². The third kappa shape index (κ3) is 2.39. The number of nitrogens with zero attached hydrogens (tertiary/aromatic N) is 1. The zero-order valence-corrected chi connectivity index (χ0v) is 6.41. The standard InChI is InChI=1S/C7H14FNO2/c8-2-1-3-9-4-6(10)7(11)5-9/h6-7,10-11H,1-5H2. The van der Waals surface area contributed by atoms with Gasteiger partial charge >= 0.3 is 0 Å². The Bertz CT molecular complexity index is 113.